The Morgan fingerprint density at radius 1 is 1.35 bits per heavy atom. The summed E-state index contributed by atoms with van der Waals surface area (Å²) in [5, 5.41) is 3.39. The van der Waals surface area contributed by atoms with Crippen molar-refractivity contribution in [1.82, 2.24) is 10.3 Å². The molecule has 0 aliphatic rings. The molecule has 0 unspecified atom stereocenters. The van der Waals surface area contributed by atoms with Crippen LogP contribution in [0.3, 0.4) is 0 Å². The van der Waals surface area contributed by atoms with Crippen LogP contribution < -0.4 is 10.1 Å². The second-order valence-electron chi connectivity index (χ2n) is 4.84. The topological polar surface area (TPSA) is 34.2 Å². The fraction of sp³-hybridized carbons (Fsp3) is 0.643. The summed E-state index contributed by atoms with van der Waals surface area (Å²) in [5.41, 5.74) is 2.25. The third-order valence-corrected chi connectivity index (χ3v) is 2.31. The van der Waals surface area contributed by atoms with Gasteiger partial charge in [-0.25, -0.2) is 4.98 Å². The van der Waals surface area contributed by atoms with Crippen LogP contribution in [0.2, 0.25) is 0 Å². The zero-order valence-corrected chi connectivity index (χ0v) is 11.4. The highest BCUT2D eigenvalue weighted by Crippen LogP contribution is 2.13. The number of rotatable bonds is 7. The van der Waals surface area contributed by atoms with Crippen LogP contribution in [-0.4, -0.2) is 18.1 Å². The molecule has 0 amide bonds. The van der Waals surface area contributed by atoms with E-state index in [0.29, 0.717) is 5.92 Å². The molecule has 1 aromatic heterocycles. The molecular formula is C14H24N2O. The van der Waals surface area contributed by atoms with Crippen molar-refractivity contribution in [3.8, 4) is 5.88 Å². The van der Waals surface area contributed by atoms with Gasteiger partial charge in [0.15, 0.2) is 0 Å². The number of pyridine rings is 1. The number of hydrogen-bond donors (Lipinski definition) is 1. The normalized spacial score (nSPS) is 10.9. The average molecular weight is 236 g/mol. The van der Waals surface area contributed by atoms with Gasteiger partial charge in [0.25, 0.3) is 0 Å². The quantitative estimate of drug-likeness (QED) is 0.739. The monoisotopic (exact) mass is 236 g/mol. The maximum atomic E-state index is 5.66. The van der Waals surface area contributed by atoms with Crippen LogP contribution in [0.5, 0.6) is 5.88 Å². The Kier molecular flexibility index (Phi) is 5.98. The Bertz CT molecular complexity index is 337. The van der Waals surface area contributed by atoms with Gasteiger partial charge >= 0.3 is 0 Å². The van der Waals surface area contributed by atoms with Crippen LogP contribution in [0, 0.1) is 12.8 Å². The number of aryl methyl sites for hydroxylation is 1. The summed E-state index contributed by atoms with van der Waals surface area (Å²) in [6.45, 7) is 11.1. The minimum absolute atomic E-state index is 0.527. The van der Waals surface area contributed by atoms with E-state index in [1.165, 1.54) is 5.56 Å². The minimum Gasteiger partial charge on any atom is -0.477 e. The Labute approximate surface area is 105 Å². The number of ether oxygens (including phenoxy) is 1. The first-order chi connectivity index (χ1) is 8.11. The van der Waals surface area contributed by atoms with Gasteiger partial charge in [-0.1, -0.05) is 20.8 Å². The number of nitrogens with zero attached hydrogens (tertiary/aromatic N) is 1. The molecule has 0 fully saturated rings. The molecule has 1 heterocycles. The van der Waals surface area contributed by atoms with Crippen LogP contribution in [0.4, 0.5) is 0 Å². The van der Waals surface area contributed by atoms with E-state index in [4.69, 9.17) is 4.74 Å². The second kappa shape index (κ2) is 7.28. The lowest BCUT2D eigenvalue weighted by atomic mass is 10.2. The van der Waals surface area contributed by atoms with Crippen LogP contribution in [0.15, 0.2) is 12.1 Å². The molecule has 0 saturated heterocycles. The Morgan fingerprint density at radius 3 is 2.76 bits per heavy atom. The molecular weight excluding hydrogens is 212 g/mol. The van der Waals surface area contributed by atoms with Gasteiger partial charge in [0.1, 0.15) is 0 Å². The first-order valence-corrected chi connectivity index (χ1v) is 6.43. The van der Waals surface area contributed by atoms with Crippen LogP contribution in [0.1, 0.15) is 38.4 Å². The zero-order chi connectivity index (χ0) is 12.7. The number of hydrogen-bond acceptors (Lipinski definition) is 3. The highest BCUT2D eigenvalue weighted by molar-refractivity contribution is 5.24. The van der Waals surface area contributed by atoms with Gasteiger partial charge < -0.3 is 10.1 Å². The van der Waals surface area contributed by atoms with Crippen LogP contribution >= 0.6 is 0 Å². The molecule has 0 bridgehead atoms. The van der Waals surface area contributed by atoms with Crippen molar-refractivity contribution in [3.05, 3.63) is 23.4 Å². The van der Waals surface area contributed by atoms with Gasteiger partial charge in [-0.3, -0.25) is 0 Å². The molecule has 96 valence electrons. The molecule has 1 rings (SSSR count). The lowest BCUT2D eigenvalue weighted by molar-refractivity contribution is 0.260. The van der Waals surface area contributed by atoms with E-state index in [-0.39, 0.29) is 0 Å². The summed E-state index contributed by atoms with van der Waals surface area (Å²) in [6.07, 6.45) is 1.15. The molecule has 0 aliphatic heterocycles. The lowest BCUT2D eigenvalue weighted by Gasteiger charge is -2.10. The minimum atomic E-state index is 0.527. The number of nitrogens with one attached hydrogen (secondary N) is 1. The van der Waals surface area contributed by atoms with Gasteiger partial charge in [-0.05, 0) is 37.4 Å². The van der Waals surface area contributed by atoms with Crippen molar-refractivity contribution in [1.29, 1.82) is 0 Å². The van der Waals surface area contributed by atoms with Crippen molar-refractivity contribution in [2.75, 3.05) is 13.2 Å². The summed E-state index contributed by atoms with van der Waals surface area (Å²) >= 11 is 0. The van der Waals surface area contributed by atoms with Gasteiger partial charge in [0.2, 0.25) is 5.88 Å². The van der Waals surface area contributed by atoms with E-state index in [1.807, 2.05) is 13.0 Å². The molecule has 0 spiro atoms. The predicted octanol–water partition coefficient (Wildman–Crippen LogP) is 2.92. The third-order valence-electron chi connectivity index (χ3n) is 2.31. The summed E-state index contributed by atoms with van der Waals surface area (Å²) in [4.78, 5) is 4.38. The van der Waals surface area contributed by atoms with Crippen molar-refractivity contribution < 1.29 is 4.74 Å². The average Bonchev–Trinajstić information content (AvgIpc) is 2.26. The predicted molar refractivity (Wildman–Crippen MR) is 71.3 cm³/mol. The molecule has 17 heavy (non-hydrogen) atoms. The molecule has 0 aliphatic carbocycles. The largest absolute Gasteiger partial charge is 0.477 e. The van der Waals surface area contributed by atoms with E-state index < -0.39 is 0 Å². The zero-order valence-electron chi connectivity index (χ0n) is 11.4. The van der Waals surface area contributed by atoms with Crippen molar-refractivity contribution in [2.45, 2.75) is 40.7 Å². The van der Waals surface area contributed by atoms with E-state index in [1.54, 1.807) is 0 Å². The molecule has 3 heteroatoms. The summed E-state index contributed by atoms with van der Waals surface area (Å²) < 4.78 is 5.66. The number of aromatic nitrogens is 1. The van der Waals surface area contributed by atoms with E-state index >= 15 is 0 Å². The molecule has 0 radical (unpaired) electrons. The molecule has 3 nitrogen and oxygen atoms in total. The van der Waals surface area contributed by atoms with Crippen LogP contribution in [-0.2, 0) is 6.54 Å². The van der Waals surface area contributed by atoms with Gasteiger partial charge in [-0.2, -0.15) is 0 Å². The maximum Gasteiger partial charge on any atom is 0.213 e. The van der Waals surface area contributed by atoms with Crippen molar-refractivity contribution in [2.24, 2.45) is 5.92 Å². The molecule has 0 saturated carbocycles. The van der Waals surface area contributed by atoms with Gasteiger partial charge in [-0.15, -0.1) is 0 Å². The van der Waals surface area contributed by atoms with Gasteiger partial charge in [0.05, 0.1) is 6.61 Å². The smallest absolute Gasteiger partial charge is 0.213 e. The van der Waals surface area contributed by atoms with Gasteiger partial charge in [0, 0.05) is 18.3 Å². The van der Waals surface area contributed by atoms with Crippen molar-refractivity contribution >= 4 is 0 Å². The molecule has 0 atom stereocenters. The van der Waals surface area contributed by atoms with Crippen molar-refractivity contribution in [3.63, 3.8) is 0 Å². The molecule has 1 N–H and O–H groups in total. The first kappa shape index (κ1) is 14.0. The Morgan fingerprint density at radius 2 is 2.12 bits per heavy atom. The van der Waals surface area contributed by atoms with E-state index in [2.05, 4.69) is 37.1 Å². The Hall–Kier alpha value is -1.09. The highest BCUT2D eigenvalue weighted by Gasteiger charge is 2.02. The van der Waals surface area contributed by atoms with E-state index in [9.17, 15) is 0 Å². The fourth-order valence-corrected chi connectivity index (χ4v) is 1.54. The summed E-state index contributed by atoms with van der Waals surface area (Å²) in [7, 11) is 0. The third kappa shape index (κ3) is 5.68. The fourth-order valence-electron chi connectivity index (χ4n) is 1.54. The SMILES string of the molecule is CCCNCc1cc(C)nc(OCC(C)C)c1. The first-order valence-electron chi connectivity index (χ1n) is 6.43. The maximum absolute atomic E-state index is 5.66. The standard InChI is InChI=1S/C14H24N2O/c1-5-6-15-9-13-7-12(4)16-14(8-13)17-10-11(2)3/h7-8,11,15H,5-6,9-10H2,1-4H3. The second-order valence-corrected chi connectivity index (χ2v) is 4.84. The van der Waals surface area contributed by atoms with Crippen LogP contribution in [0.25, 0.3) is 0 Å². The summed E-state index contributed by atoms with van der Waals surface area (Å²) in [6, 6.07) is 4.13. The lowest BCUT2D eigenvalue weighted by Crippen LogP contribution is -2.14. The van der Waals surface area contributed by atoms with E-state index in [0.717, 1.165) is 37.7 Å². The summed E-state index contributed by atoms with van der Waals surface area (Å²) in [5.74, 6) is 1.27. The molecule has 0 aromatic carbocycles. The molecule has 1 aromatic rings. The Balaban J connectivity index is 2.59. The highest BCUT2D eigenvalue weighted by atomic mass is 16.5.